The molecule has 170 valence electrons. The van der Waals surface area contributed by atoms with Crippen LogP contribution < -0.4 is 5.43 Å². The highest BCUT2D eigenvalue weighted by atomic mass is 15.6. The molecule has 5 atom stereocenters. The summed E-state index contributed by atoms with van der Waals surface area (Å²) >= 11 is 0. The van der Waals surface area contributed by atoms with Crippen molar-refractivity contribution in [2.75, 3.05) is 6.54 Å². The molecule has 2 aliphatic rings. The van der Waals surface area contributed by atoms with Crippen LogP contribution in [0.4, 0.5) is 0 Å². The SMILES string of the molecule is C=NN(/C=C\C)[C@H](C(=C)N1CC(C)C[C@H]1[N+](=C)NC1CC(C)n2ncnc21)C(C)(C)C. The second-order valence-corrected chi connectivity index (χ2v) is 10.0. The van der Waals surface area contributed by atoms with Gasteiger partial charge in [0.05, 0.1) is 12.1 Å². The topological polar surface area (TPSA) is 64.6 Å². The van der Waals surface area contributed by atoms with E-state index in [1.165, 1.54) is 0 Å². The van der Waals surface area contributed by atoms with E-state index < -0.39 is 0 Å². The molecule has 8 nitrogen and oxygen atoms in total. The van der Waals surface area contributed by atoms with E-state index in [0.29, 0.717) is 12.0 Å². The maximum absolute atomic E-state index is 4.55. The Morgan fingerprint density at radius 1 is 1.39 bits per heavy atom. The van der Waals surface area contributed by atoms with E-state index in [4.69, 9.17) is 0 Å². The van der Waals surface area contributed by atoms with Crippen molar-refractivity contribution >= 4 is 13.4 Å². The van der Waals surface area contributed by atoms with Gasteiger partial charge in [0.1, 0.15) is 12.4 Å². The summed E-state index contributed by atoms with van der Waals surface area (Å²) in [6.45, 7) is 26.7. The molecule has 2 aliphatic heterocycles. The second kappa shape index (κ2) is 8.85. The first kappa shape index (κ1) is 23.0. The zero-order chi connectivity index (χ0) is 22.9. The third-order valence-corrected chi connectivity index (χ3v) is 6.30. The third-order valence-electron chi connectivity index (χ3n) is 6.30. The van der Waals surface area contributed by atoms with Gasteiger partial charge in [0.15, 0.2) is 12.5 Å². The number of allylic oxidation sites excluding steroid dienone is 1. The van der Waals surface area contributed by atoms with Gasteiger partial charge < -0.3 is 4.90 Å². The van der Waals surface area contributed by atoms with Crippen LogP contribution in [-0.2, 0) is 0 Å². The normalized spacial score (nSPS) is 26.7. The average molecular weight is 428 g/mol. The fraction of sp³-hybridized carbons (Fsp3) is 0.652. The van der Waals surface area contributed by atoms with Crippen LogP contribution >= 0.6 is 0 Å². The minimum absolute atomic E-state index is 0.0167. The lowest BCUT2D eigenvalue weighted by molar-refractivity contribution is -0.637. The van der Waals surface area contributed by atoms with Crippen molar-refractivity contribution in [3.63, 3.8) is 0 Å². The van der Waals surface area contributed by atoms with Crippen molar-refractivity contribution in [1.29, 1.82) is 0 Å². The molecule has 1 fully saturated rings. The van der Waals surface area contributed by atoms with Crippen LogP contribution in [0.5, 0.6) is 0 Å². The molecule has 0 bridgehead atoms. The number of nitrogens with zero attached hydrogens (tertiary/aromatic N) is 7. The molecule has 3 heterocycles. The Kier molecular flexibility index (Phi) is 6.57. The second-order valence-electron chi connectivity index (χ2n) is 10.0. The monoisotopic (exact) mass is 427 g/mol. The first-order valence-electron chi connectivity index (χ1n) is 11.2. The number of hydrogen-bond acceptors (Lipinski definition) is 6. The van der Waals surface area contributed by atoms with Gasteiger partial charge in [-0.25, -0.2) is 9.67 Å². The molecule has 0 aromatic carbocycles. The quantitative estimate of drug-likeness (QED) is 0.390. The first-order valence-corrected chi connectivity index (χ1v) is 11.2. The molecule has 0 radical (unpaired) electrons. The molecule has 0 aliphatic carbocycles. The minimum atomic E-state index is -0.0785. The Labute approximate surface area is 187 Å². The highest BCUT2D eigenvalue weighted by Gasteiger charge is 2.44. The van der Waals surface area contributed by atoms with Crippen molar-refractivity contribution in [3.8, 4) is 0 Å². The van der Waals surface area contributed by atoms with Crippen LogP contribution in [0.3, 0.4) is 0 Å². The summed E-state index contributed by atoms with van der Waals surface area (Å²) in [5.74, 6) is 1.51. The van der Waals surface area contributed by atoms with E-state index in [2.05, 4.69) is 80.1 Å². The summed E-state index contributed by atoms with van der Waals surface area (Å²) in [4.78, 5) is 6.84. The van der Waals surface area contributed by atoms with Crippen molar-refractivity contribution in [2.45, 2.75) is 78.7 Å². The molecule has 31 heavy (non-hydrogen) atoms. The molecular weight excluding hydrogens is 388 g/mol. The van der Waals surface area contributed by atoms with E-state index in [1.807, 2.05) is 33.6 Å². The van der Waals surface area contributed by atoms with E-state index in [9.17, 15) is 0 Å². The summed E-state index contributed by atoms with van der Waals surface area (Å²) in [7, 11) is 0. The lowest BCUT2D eigenvalue weighted by atomic mass is 9.84. The Balaban J connectivity index is 1.82. The molecule has 3 unspecified atom stereocenters. The lowest BCUT2D eigenvalue weighted by Crippen LogP contribution is -2.50. The molecule has 1 aromatic heterocycles. The molecular formula is C23H39N8+. The zero-order valence-corrected chi connectivity index (χ0v) is 20.0. The van der Waals surface area contributed by atoms with Gasteiger partial charge in [-0.15, -0.1) is 4.68 Å². The summed E-state index contributed by atoms with van der Waals surface area (Å²) < 4.78 is 4.00. The van der Waals surface area contributed by atoms with Crippen molar-refractivity contribution in [3.05, 3.63) is 36.7 Å². The Hall–Kier alpha value is -2.64. The van der Waals surface area contributed by atoms with Gasteiger partial charge in [0.2, 0.25) is 0 Å². The predicted molar refractivity (Wildman–Crippen MR) is 125 cm³/mol. The van der Waals surface area contributed by atoms with Gasteiger partial charge in [-0.2, -0.15) is 15.6 Å². The van der Waals surface area contributed by atoms with Gasteiger partial charge in [-0.3, -0.25) is 5.01 Å². The van der Waals surface area contributed by atoms with Crippen LogP contribution in [-0.4, -0.2) is 61.5 Å². The molecule has 1 aromatic rings. The van der Waals surface area contributed by atoms with E-state index >= 15 is 0 Å². The van der Waals surface area contributed by atoms with Gasteiger partial charge in [-0.05, 0) is 25.2 Å². The predicted octanol–water partition coefficient (Wildman–Crippen LogP) is 3.55. The van der Waals surface area contributed by atoms with Gasteiger partial charge in [0.25, 0.3) is 6.17 Å². The van der Waals surface area contributed by atoms with Gasteiger partial charge in [0, 0.05) is 38.0 Å². The van der Waals surface area contributed by atoms with Crippen LogP contribution in [0.2, 0.25) is 0 Å². The molecule has 3 rings (SSSR count). The number of aromatic nitrogens is 3. The number of hydrogen-bond donors (Lipinski definition) is 1. The lowest BCUT2D eigenvalue weighted by Gasteiger charge is -2.41. The van der Waals surface area contributed by atoms with Crippen LogP contribution in [0.1, 0.15) is 72.3 Å². The highest BCUT2D eigenvalue weighted by molar-refractivity contribution is 5.24. The van der Waals surface area contributed by atoms with Crippen LogP contribution in [0, 0.1) is 11.3 Å². The molecule has 1 N–H and O–H groups in total. The van der Waals surface area contributed by atoms with Gasteiger partial charge in [-0.1, -0.05) is 40.3 Å². The molecule has 8 heteroatoms. The zero-order valence-electron chi connectivity index (χ0n) is 20.0. The largest absolute Gasteiger partial charge is 0.314 e. The van der Waals surface area contributed by atoms with Crippen LogP contribution in [0.15, 0.2) is 36.0 Å². The molecule has 0 saturated carbocycles. The Morgan fingerprint density at radius 3 is 2.71 bits per heavy atom. The summed E-state index contributed by atoms with van der Waals surface area (Å²) in [6, 6.07) is 0.418. The van der Waals surface area contributed by atoms with Crippen molar-refractivity contribution < 1.29 is 4.68 Å². The summed E-state index contributed by atoms with van der Waals surface area (Å²) in [5, 5.41) is 10.6. The number of hydrazine groups is 1. The summed E-state index contributed by atoms with van der Waals surface area (Å²) in [6.07, 6.45) is 7.63. The fourth-order valence-electron chi connectivity index (χ4n) is 4.99. The Bertz CT molecular complexity index is 848. The standard InChI is InChI=1S/C23H39N8/c1-10-11-30(24-8)21(23(5,6)7)18(4)29-14-16(2)12-20(29)28(9)27-19-13-17(3)31-22(19)25-15-26-31/h10-11,15-17,19-21,27H,4,8-9,12-14H2,1-3,5-7H3/q+1/b11-10-/t16?,17?,19?,20-,21+/m0/s1. The minimum Gasteiger partial charge on any atom is -0.314 e. The number of rotatable bonds is 8. The van der Waals surface area contributed by atoms with Gasteiger partial charge >= 0.3 is 0 Å². The number of nitrogens with one attached hydrogen (secondary N) is 1. The molecule has 0 amide bonds. The Morgan fingerprint density at radius 2 is 2.10 bits per heavy atom. The fourth-order valence-corrected chi connectivity index (χ4v) is 4.99. The maximum Gasteiger partial charge on any atom is 0.256 e. The number of hydrazone groups is 2. The molecule has 0 spiro atoms. The number of fused-ring (bicyclic) bond motifs is 1. The van der Waals surface area contributed by atoms with Crippen LogP contribution in [0.25, 0.3) is 0 Å². The number of likely N-dealkylation sites (tertiary alicyclic amines) is 1. The van der Waals surface area contributed by atoms with Crippen molar-refractivity contribution in [2.24, 2.45) is 16.4 Å². The summed E-state index contributed by atoms with van der Waals surface area (Å²) in [5.41, 5.74) is 4.55. The molecule has 1 saturated heterocycles. The smallest absolute Gasteiger partial charge is 0.256 e. The third kappa shape index (κ3) is 4.52. The van der Waals surface area contributed by atoms with E-state index in [0.717, 1.165) is 30.9 Å². The highest BCUT2D eigenvalue weighted by Crippen LogP contribution is 2.37. The van der Waals surface area contributed by atoms with Crippen molar-refractivity contribution in [1.82, 2.24) is 30.1 Å². The van der Waals surface area contributed by atoms with E-state index in [1.54, 1.807) is 6.33 Å². The average Bonchev–Trinajstić information content (AvgIpc) is 3.38. The van der Waals surface area contributed by atoms with E-state index in [-0.39, 0.29) is 23.7 Å². The maximum atomic E-state index is 4.55. The first-order chi connectivity index (χ1) is 14.6.